The molecule has 0 radical (unpaired) electrons. The molecular formula is C10H11NO5S. The highest BCUT2D eigenvalue weighted by Crippen LogP contribution is 2.13. The molecule has 3 N–H and O–H groups in total. The molecule has 0 aliphatic carbocycles. The first-order chi connectivity index (χ1) is 8.02. The lowest BCUT2D eigenvalue weighted by Gasteiger charge is -2.03. The molecule has 0 amide bonds. The van der Waals surface area contributed by atoms with Crippen LogP contribution in [-0.4, -0.2) is 26.9 Å². The Bertz CT molecular complexity index is 454. The summed E-state index contributed by atoms with van der Waals surface area (Å²) in [6.45, 7) is 0. The Labute approximate surface area is 100 Å². The van der Waals surface area contributed by atoms with E-state index in [9.17, 15) is 9.00 Å². The van der Waals surface area contributed by atoms with Gasteiger partial charge in [-0.25, -0.2) is 9.00 Å². The minimum atomic E-state index is -2.42. The first kappa shape index (κ1) is 13.2. The summed E-state index contributed by atoms with van der Waals surface area (Å²) in [5.74, 6) is -0.680. The van der Waals surface area contributed by atoms with Crippen LogP contribution >= 0.6 is 0 Å². The first-order valence-electron chi connectivity index (χ1n) is 4.49. The van der Waals surface area contributed by atoms with Crippen LogP contribution in [0.5, 0.6) is 5.75 Å². The Hall–Kier alpha value is -1.86. The van der Waals surface area contributed by atoms with E-state index in [0.29, 0.717) is 11.3 Å². The zero-order chi connectivity index (χ0) is 12.8. The molecule has 17 heavy (non-hydrogen) atoms. The largest absolute Gasteiger partial charge is 0.497 e. The lowest BCUT2D eigenvalue weighted by atomic mass is 10.2. The van der Waals surface area contributed by atoms with E-state index < -0.39 is 17.2 Å². The van der Waals surface area contributed by atoms with Crippen LogP contribution in [0, 0.1) is 0 Å². The maximum absolute atomic E-state index is 10.8. The number of hydrogen-bond donors (Lipinski definition) is 3. The van der Waals surface area contributed by atoms with Gasteiger partial charge >= 0.3 is 5.97 Å². The summed E-state index contributed by atoms with van der Waals surface area (Å²) in [7, 11) is 1.52. The van der Waals surface area contributed by atoms with Gasteiger partial charge in [0.05, 0.1) is 7.11 Å². The summed E-state index contributed by atoms with van der Waals surface area (Å²) in [5, 5.41) is 8.78. The number of aliphatic carboxylic acids is 1. The molecule has 0 spiro atoms. The molecule has 0 fully saturated rings. The Balaban J connectivity index is 2.95. The summed E-state index contributed by atoms with van der Waals surface area (Å²) in [6.07, 6.45) is 1.25. The normalized spacial score (nSPS) is 12.9. The predicted octanol–water partition coefficient (Wildman–Crippen LogP) is 0.847. The fraction of sp³-hybridized carbons (Fsp3) is 0.100. The Morgan fingerprint density at radius 1 is 1.41 bits per heavy atom. The van der Waals surface area contributed by atoms with Crippen LogP contribution in [0.25, 0.3) is 6.08 Å². The highest BCUT2D eigenvalue weighted by Gasteiger charge is 2.09. The van der Waals surface area contributed by atoms with Gasteiger partial charge in [0.15, 0.2) is 0 Å². The first-order valence-corrected chi connectivity index (χ1v) is 5.60. The summed E-state index contributed by atoms with van der Waals surface area (Å²) < 4.78 is 25.9. The van der Waals surface area contributed by atoms with Crippen molar-refractivity contribution in [3.8, 4) is 5.75 Å². The van der Waals surface area contributed by atoms with E-state index in [0.717, 1.165) is 0 Å². The third kappa shape index (κ3) is 4.25. The van der Waals surface area contributed by atoms with E-state index in [1.807, 2.05) is 4.72 Å². The van der Waals surface area contributed by atoms with Crippen molar-refractivity contribution in [2.24, 2.45) is 0 Å². The second kappa shape index (κ2) is 6.02. The van der Waals surface area contributed by atoms with E-state index in [2.05, 4.69) is 0 Å². The highest BCUT2D eigenvalue weighted by molar-refractivity contribution is 7.77. The molecule has 1 unspecified atom stereocenters. The lowest BCUT2D eigenvalue weighted by molar-refractivity contribution is -0.132. The molecule has 1 aromatic carbocycles. The zero-order valence-electron chi connectivity index (χ0n) is 8.91. The Morgan fingerprint density at radius 2 is 2.00 bits per heavy atom. The zero-order valence-corrected chi connectivity index (χ0v) is 9.73. The average Bonchev–Trinajstić information content (AvgIpc) is 2.28. The molecular weight excluding hydrogens is 246 g/mol. The minimum absolute atomic E-state index is 0.365. The molecule has 0 aromatic heterocycles. The van der Waals surface area contributed by atoms with Crippen molar-refractivity contribution in [2.45, 2.75) is 0 Å². The smallest absolute Gasteiger partial charge is 0.352 e. The van der Waals surface area contributed by atoms with E-state index in [4.69, 9.17) is 14.4 Å². The highest BCUT2D eigenvalue weighted by atomic mass is 32.2. The van der Waals surface area contributed by atoms with Gasteiger partial charge in [-0.1, -0.05) is 12.1 Å². The number of carboxylic acid groups (broad SMARTS) is 1. The second-order valence-electron chi connectivity index (χ2n) is 2.99. The summed E-state index contributed by atoms with van der Waals surface area (Å²) in [5.41, 5.74) is 0.206. The van der Waals surface area contributed by atoms with Crippen LogP contribution < -0.4 is 9.46 Å². The van der Waals surface area contributed by atoms with Gasteiger partial charge in [-0.2, -0.15) is 0 Å². The van der Waals surface area contributed by atoms with E-state index in [1.54, 1.807) is 24.3 Å². The third-order valence-electron chi connectivity index (χ3n) is 1.85. The van der Waals surface area contributed by atoms with E-state index in [1.165, 1.54) is 13.2 Å². The molecule has 0 aliphatic rings. The maximum Gasteiger partial charge on any atom is 0.352 e. The van der Waals surface area contributed by atoms with Crippen molar-refractivity contribution in [2.75, 3.05) is 7.11 Å². The summed E-state index contributed by atoms with van der Waals surface area (Å²) in [6, 6.07) is 6.57. The van der Waals surface area contributed by atoms with Gasteiger partial charge in [-0.3, -0.25) is 9.27 Å². The van der Waals surface area contributed by atoms with Gasteiger partial charge in [-0.15, -0.1) is 0 Å². The Kier molecular flexibility index (Phi) is 4.68. The summed E-state index contributed by atoms with van der Waals surface area (Å²) >= 11 is -2.42. The van der Waals surface area contributed by atoms with Crippen molar-refractivity contribution < 1.29 is 23.4 Å². The van der Waals surface area contributed by atoms with Gasteiger partial charge in [0, 0.05) is 0 Å². The molecule has 0 saturated carbocycles. The van der Waals surface area contributed by atoms with Crippen LogP contribution in [0.4, 0.5) is 0 Å². The van der Waals surface area contributed by atoms with Crippen LogP contribution in [0.2, 0.25) is 0 Å². The number of carboxylic acids is 1. The molecule has 7 heteroatoms. The molecule has 1 aromatic rings. The van der Waals surface area contributed by atoms with Gasteiger partial charge in [0.1, 0.15) is 11.4 Å². The van der Waals surface area contributed by atoms with Gasteiger partial charge < -0.3 is 9.84 Å². The maximum atomic E-state index is 10.8. The predicted molar refractivity (Wildman–Crippen MR) is 62.5 cm³/mol. The standard InChI is InChI=1S/C10H11NO5S/c1-16-8-4-2-7(3-5-8)6-9(10(12)13)11-17(14)15/h2-6,11H,1H3,(H,12,13)(H,14,15). The summed E-state index contributed by atoms with van der Waals surface area (Å²) in [4.78, 5) is 10.8. The van der Waals surface area contributed by atoms with Crippen LogP contribution in [0.1, 0.15) is 5.56 Å². The molecule has 6 nitrogen and oxygen atoms in total. The number of ether oxygens (including phenoxy) is 1. The molecule has 0 saturated heterocycles. The number of methoxy groups -OCH3 is 1. The third-order valence-corrected chi connectivity index (χ3v) is 2.25. The fourth-order valence-corrected chi connectivity index (χ4v) is 1.43. The van der Waals surface area contributed by atoms with Crippen molar-refractivity contribution >= 4 is 23.3 Å². The average molecular weight is 257 g/mol. The number of rotatable bonds is 5. The van der Waals surface area contributed by atoms with Crippen molar-refractivity contribution in [1.29, 1.82) is 0 Å². The second-order valence-corrected chi connectivity index (χ2v) is 3.69. The van der Waals surface area contributed by atoms with E-state index in [-0.39, 0.29) is 5.70 Å². The van der Waals surface area contributed by atoms with Gasteiger partial charge in [0.25, 0.3) is 11.3 Å². The molecule has 0 heterocycles. The molecule has 0 bridgehead atoms. The molecule has 1 atom stereocenters. The SMILES string of the molecule is COc1ccc(C=C(NS(=O)O)C(=O)O)cc1. The topological polar surface area (TPSA) is 95.9 Å². The van der Waals surface area contributed by atoms with E-state index >= 15 is 0 Å². The minimum Gasteiger partial charge on any atom is -0.497 e. The van der Waals surface area contributed by atoms with Crippen molar-refractivity contribution in [3.05, 3.63) is 35.5 Å². The van der Waals surface area contributed by atoms with Gasteiger partial charge in [-0.05, 0) is 23.8 Å². The number of nitrogens with one attached hydrogen (secondary N) is 1. The van der Waals surface area contributed by atoms with Crippen LogP contribution in [-0.2, 0) is 16.1 Å². The number of benzene rings is 1. The lowest BCUT2D eigenvalue weighted by Crippen LogP contribution is -2.21. The van der Waals surface area contributed by atoms with Crippen molar-refractivity contribution in [3.63, 3.8) is 0 Å². The molecule has 92 valence electrons. The quantitative estimate of drug-likeness (QED) is 0.536. The van der Waals surface area contributed by atoms with Crippen LogP contribution in [0.15, 0.2) is 30.0 Å². The van der Waals surface area contributed by atoms with Gasteiger partial charge in [0.2, 0.25) is 0 Å². The van der Waals surface area contributed by atoms with Crippen molar-refractivity contribution in [1.82, 2.24) is 4.72 Å². The molecule has 0 aliphatic heterocycles. The Morgan fingerprint density at radius 3 is 2.41 bits per heavy atom. The monoisotopic (exact) mass is 257 g/mol. The van der Waals surface area contributed by atoms with Crippen LogP contribution in [0.3, 0.4) is 0 Å². The number of hydrogen-bond acceptors (Lipinski definition) is 3. The molecule has 1 rings (SSSR count). The number of carbonyl (C=O) groups is 1. The fourth-order valence-electron chi connectivity index (χ4n) is 1.10.